The van der Waals surface area contributed by atoms with Gasteiger partial charge in [-0.1, -0.05) is 49.9 Å². The lowest BCUT2D eigenvalue weighted by atomic mass is 10.1. The third-order valence-corrected chi connectivity index (χ3v) is 3.61. The number of hydrogen-bond acceptors (Lipinski definition) is 2. The van der Waals surface area contributed by atoms with Crippen LogP contribution in [0.2, 0.25) is 5.02 Å². The highest BCUT2D eigenvalue weighted by molar-refractivity contribution is 6.31. The van der Waals surface area contributed by atoms with Gasteiger partial charge in [0.1, 0.15) is 0 Å². The molecular weight excluding hydrogens is 248 g/mol. The van der Waals surface area contributed by atoms with E-state index >= 15 is 0 Å². The summed E-state index contributed by atoms with van der Waals surface area (Å²) in [5.41, 5.74) is 0. The molecule has 3 rings (SSSR count). The molecule has 0 radical (unpaired) electrons. The van der Waals surface area contributed by atoms with Crippen LogP contribution in [-0.4, -0.2) is 25.9 Å². The summed E-state index contributed by atoms with van der Waals surface area (Å²) >= 11 is 5.60. The molecule has 0 N–H and O–H groups in total. The maximum atomic E-state index is 5.60. The van der Waals surface area contributed by atoms with Crippen LogP contribution in [0.25, 0.3) is 0 Å². The van der Waals surface area contributed by atoms with Crippen molar-refractivity contribution in [3.8, 4) is 0 Å². The Bertz CT molecular complexity index is 452. The minimum absolute atomic E-state index is 0.385. The summed E-state index contributed by atoms with van der Waals surface area (Å²) < 4.78 is 10.8. The van der Waals surface area contributed by atoms with Crippen LogP contribution in [0, 0.1) is 10.4 Å². The van der Waals surface area contributed by atoms with Crippen LogP contribution >= 0.6 is 11.6 Å². The van der Waals surface area contributed by atoms with Crippen LogP contribution in [0.1, 0.15) is 32.6 Å². The van der Waals surface area contributed by atoms with E-state index in [-0.39, 0.29) is 0 Å². The number of unbranched alkanes of at least 4 members (excludes halogenated alkanes) is 2. The third kappa shape index (κ3) is 3.71. The maximum absolute atomic E-state index is 5.60. The molecule has 0 bridgehead atoms. The van der Waals surface area contributed by atoms with Gasteiger partial charge < -0.3 is 9.47 Å². The third-order valence-electron chi connectivity index (χ3n) is 3.29. The van der Waals surface area contributed by atoms with Crippen LogP contribution in [0.15, 0.2) is 18.2 Å². The molecule has 3 aliphatic rings. The number of hydrogen-bond donors (Lipinski definition) is 0. The Hall–Kier alpha value is -0.570. The second-order valence-electron chi connectivity index (χ2n) is 4.76. The van der Waals surface area contributed by atoms with Gasteiger partial charge >= 0.3 is 0 Å². The molecule has 1 saturated heterocycles. The first-order chi connectivity index (χ1) is 8.81. The molecule has 0 spiro atoms. The van der Waals surface area contributed by atoms with Crippen molar-refractivity contribution in [2.45, 2.75) is 38.7 Å². The fourth-order valence-electron chi connectivity index (χ4n) is 2.07. The van der Waals surface area contributed by atoms with Gasteiger partial charge in [-0.05, 0) is 17.7 Å². The minimum atomic E-state index is 0.385. The van der Waals surface area contributed by atoms with Gasteiger partial charge in [-0.25, -0.2) is 0 Å². The van der Waals surface area contributed by atoms with Crippen molar-refractivity contribution in [1.82, 2.24) is 0 Å². The Morgan fingerprint density at radius 1 is 1.28 bits per heavy atom. The van der Waals surface area contributed by atoms with Crippen molar-refractivity contribution < 1.29 is 9.47 Å². The second-order valence-corrected chi connectivity index (χ2v) is 5.17. The second kappa shape index (κ2) is 7.13. The van der Waals surface area contributed by atoms with E-state index in [4.69, 9.17) is 21.1 Å². The minimum Gasteiger partial charge on any atom is -0.376 e. The zero-order valence-corrected chi connectivity index (χ0v) is 11.7. The predicted octanol–water partition coefficient (Wildman–Crippen LogP) is 3.92. The molecule has 2 nitrogen and oxygen atoms in total. The molecule has 0 aromatic rings. The Kier molecular flexibility index (Phi) is 5.48. The van der Waals surface area contributed by atoms with E-state index in [1.54, 1.807) is 0 Å². The first-order valence-corrected chi connectivity index (χ1v) is 7.18. The molecule has 1 unspecified atom stereocenters. The van der Waals surface area contributed by atoms with Gasteiger partial charge in [-0.2, -0.15) is 0 Å². The quantitative estimate of drug-likeness (QED) is 0.783. The molecule has 1 aliphatic heterocycles. The van der Waals surface area contributed by atoms with Crippen LogP contribution in [0.4, 0.5) is 0 Å². The summed E-state index contributed by atoms with van der Waals surface area (Å²) in [5, 5.41) is 3.46. The van der Waals surface area contributed by atoms with Crippen molar-refractivity contribution in [3.63, 3.8) is 0 Å². The zero-order valence-electron chi connectivity index (χ0n) is 11.0. The Balaban J connectivity index is 0.000000146. The van der Waals surface area contributed by atoms with Crippen LogP contribution in [0.3, 0.4) is 0 Å². The number of halogens is 1. The smallest absolute Gasteiger partial charge is 0.0809 e. The Morgan fingerprint density at radius 2 is 2.17 bits per heavy atom. The van der Waals surface area contributed by atoms with E-state index < -0.39 is 0 Å². The lowest BCUT2D eigenvalue weighted by molar-refractivity contribution is -0.0912. The van der Waals surface area contributed by atoms with E-state index in [0.717, 1.165) is 24.8 Å². The standard InChI is InChI=1S/C9H18O2.C6H3Cl/c1-2-3-4-5-9-8-10-6-7-11-9;7-6-3-4-1-2-5(4)6/h9H,2-8H2,1H3;1-3H. The van der Waals surface area contributed by atoms with Gasteiger partial charge in [0.15, 0.2) is 0 Å². The fraction of sp³-hybridized carbons (Fsp3) is 0.600. The number of rotatable bonds is 4. The molecule has 1 atom stereocenters. The summed E-state index contributed by atoms with van der Waals surface area (Å²) in [6.07, 6.45) is 5.45. The van der Waals surface area contributed by atoms with Gasteiger partial charge in [0.05, 0.1) is 25.9 Å². The molecule has 1 heterocycles. The van der Waals surface area contributed by atoms with Crippen molar-refractivity contribution in [1.29, 1.82) is 0 Å². The molecule has 100 valence electrons. The summed E-state index contributed by atoms with van der Waals surface area (Å²) in [4.78, 5) is 0. The first kappa shape index (κ1) is 13.9. The maximum Gasteiger partial charge on any atom is 0.0809 e. The molecule has 0 aromatic heterocycles. The zero-order chi connectivity index (χ0) is 12.8. The van der Waals surface area contributed by atoms with Crippen LogP contribution in [-0.2, 0) is 9.47 Å². The normalized spacial score (nSPS) is 20.0. The SMILES string of the molecule is CCCCCC1COCCO1.Clc1cc2ccc1=2. The first-order valence-electron chi connectivity index (χ1n) is 6.80. The summed E-state index contributed by atoms with van der Waals surface area (Å²) in [6.45, 7) is 4.60. The lowest BCUT2D eigenvalue weighted by Crippen LogP contribution is -2.28. The van der Waals surface area contributed by atoms with Crippen molar-refractivity contribution in [3.05, 3.63) is 33.7 Å². The average Bonchev–Trinajstić information content (AvgIpc) is 2.38. The molecule has 2 aliphatic carbocycles. The highest BCUT2D eigenvalue weighted by Crippen LogP contribution is 2.20. The predicted molar refractivity (Wildman–Crippen MR) is 73.8 cm³/mol. The summed E-state index contributed by atoms with van der Waals surface area (Å²) in [6, 6.07) is 6.05. The van der Waals surface area contributed by atoms with Gasteiger partial charge in [-0.15, -0.1) is 0 Å². The molecule has 18 heavy (non-hydrogen) atoms. The lowest BCUT2D eigenvalue weighted by Gasteiger charge is -2.22. The Morgan fingerprint density at radius 3 is 2.56 bits per heavy atom. The van der Waals surface area contributed by atoms with Gasteiger partial charge in [0.2, 0.25) is 0 Å². The van der Waals surface area contributed by atoms with Crippen molar-refractivity contribution in [2.75, 3.05) is 19.8 Å². The monoisotopic (exact) mass is 268 g/mol. The van der Waals surface area contributed by atoms with Gasteiger partial charge in [-0.3, -0.25) is 0 Å². The van der Waals surface area contributed by atoms with Crippen LogP contribution < -0.4 is 0 Å². The summed E-state index contributed by atoms with van der Waals surface area (Å²) in [7, 11) is 0. The van der Waals surface area contributed by atoms with Gasteiger partial charge in [0.25, 0.3) is 0 Å². The molecule has 0 aromatic carbocycles. The van der Waals surface area contributed by atoms with E-state index in [2.05, 4.69) is 13.0 Å². The highest BCUT2D eigenvalue weighted by Gasteiger charge is 2.12. The van der Waals surface area contributed by atoms with Crippen molar-refractivity contribution >= 4 is 11.6 Å². The Labute approximate surface area is 114 Å². The number of benzene rings is 1. The highest BCUT2D eigenvalue weighted by atomic mass is 35.5. The number of ether oxygens (including phenoxy) is 2. The largest absolute Gasteiger partial charge is 0.376 e. The molecule has 3 heteroatoms. The topological polar surface area (TPSA) is 18.5 Å². The fourth-order valence-corrected chi connectivity index (χ4v) is 2.36. The van der Waals surface area contributed by atoms with Crippen LogP contribution in [0.5, 0.6) is 0 Å². The van der Waals surface area contributed by atoms with Gasteiger partial charge in [0, 0.05) is 10.2 Å². The van der Waals surface area contributed by atoms with Crippen molar-refractivity contribution in [2.24, 2.45) is 0 Å². The molecule has 0 saturated carbocycles. The van der Waals surface area contributed by atoms with E-state index in [9.17, 15) is 0 Å². The molecular formula is C15H21ClO2. The van der Waals surface area contributed by atoms with E-state index in [1.165, 1.54) is 36.1 Å². The average molecular weight is 269 g/mol. The molecule has 1 fully saturated rings. The van der Waals surface area contributed by atoms with E-state index in [0.29, 0.717) is 6.10 Å². The summed E-state index contributed by atoms with van der Waals surface area (Å²) in [5.74, 6) is 0. The molecule has 0 amide bonds. The van der Waals surface area contributed by atoms with E-state index in [1.807, 2.05) is 12.1 Å².